The minimum atomic E-state index is -0.374. The second-order valence-corrected chi connectivity index (χ2v) is 4.59. The third-order valence-electron chi connectivity index (χ3n) is 2.93. The van der Waals surface area contributed by atoms with Crippen molar-refractivity contribution in [2.24, 2.45) is 0 Å². The molecule has 0 unspecified atom stereocenters. The smallest absolute Gasteiger partial charge is 0.338 e. The highest BCUT2D eigenvalue weighted by atomic mass is 16.6. The third-order valence-corrected chi connectivity index (χ3v) is 2.93. The maximum Gasteiger partial charge on any atom is 0.338 e. The summed E-state index contributed by atoms with van der Waals surface area (Å²) in [6.45, 7) is 4.88. The number of benzene rings is 1. The van der Waals surface area contributed by atoms with E-state index in [1.54, 1.807) is 42.7 Å². The van der Waals surface area contributed by atoms with Gasteiger partial charge < -0.3 is 14.2 Å². The fourth-order valence-corrected chi connectivity index (χ4v) is 1.90. The lowest BCUT2D eigenvalue weighted by Gasteiger charge is -2.10. The van der Waals surface area contributed by atoms with Gasteiger partial charge in [-0.1, -0.05) is 0 Å². The second kappa shape index (κ2) is 8.02. The van der Waals surface area contributed by atoms with Crippen LogP contribution in [0.25, 0.3) is 0 Å². The van der Waals surface area contributed by atoms with E-state index < -0.39 is 0 Å². The Balaban J connectivity index is 1.81. The second-order valence-electron chi connectivity index (χ2n) is 4.59. The molecular weight excluding hydrogens is 282 g/mol. The van der Waals surface area contributed by atoms with E-state index >= 15 is 0 Å². The molecule has 0 amide bonds. The zero-order chi connectivity index (χ0) is 15.8. The van der Waals surface area contributed by atoms with Gasteiger partial charge in [-0.15, -0.1) is 0 Å². The zero-order valence-electron chi connectivity index (χ0n) is 12.7. The van der Waals surface area contributed by atoms with Crippen LogP contribution in [0.5, 0.6) is 11.5 Å². The van der Waals surface area contributed by atoms with Gasteiger partial charge in [0.15, 0.2) is 0 Å². The van der Waals surface area contributed by atoms with Crippen LogP contribution in [0.4, 0.5) is 0 Å². The van der Waals surface area contributed by atoms with E-state index in [1.807, 2.05) is 13.8 Å². The first-order chi connectivity index (χ1) is 10.7. The highest BCUT2D eigenvalue weighted by molar-refractivity contribution is 5.89. The summed E-state index contributed by atoms with van der Waals surface area (Å²) in [5.74, 6) is 1.05. The summed E-state index contributed by atoms with van der Waals surface area (Å²) in [6, 6.07) is 8.81. The van der Waals surface area contributed by atoms with Crippen LogP contribution in [0.15, 0.2) is 42.7 Å². The molecule has 2 aromatic rings. The van der Waals surface area contributed by atoms with Gasteiger partial charge in [-0.25, -0.2) is 4.79 Å². The molecule has 2 rings (SSSR count). The number of esters is 1. The summed E-state index contributed by atoms with van der Waals surface area (Å²) in [5, 5.41) is 0. The average molecular weight is 301 g/mol. The van der Waals surface area contributed by atoms with Crippen LogP contribution in [0.3, 0.4) is 0 Å². The molecule has 0 bridgehead atoms. The Bertz CT molecular complexity index is 613. The number of ether oxygens (including phenoxy) is 3. The van der Waals surface area contributed by atoms with E-state index in [0.29, 0.717) is 17.9 Å². The van der Waals surface area contributed by atoms with Crippen molar-refractivity contribution in [2.45, 2.75) is 13.8 Å². The van der Waals surface area contributed by atoms with E-state index in [0.717, 1.165) is 11.3 Å². The van der Waals surface area contributed by atoms with E-state index in [9.17, 15) is 4.79 Å². The average Bonchev–Trinajstić information content (AvgIpc) is 2.54. The molecule has 0 aliphatic heterocycles. The van der Waals surface area contributed by atoms with E-state index in [2.05, 4.69) is 4.98 Å². The molecule has 0 spiro atoms. The summed E-state index contributed by atoms with van der Waals surface area (Å²) < 4.78 is 16.0. The molecule has 0 atom stereocenters. The van der Waals surface area contributed by atoms with E-state index in [-0.39, 0.29) is 19.2 Å². The van der Waals surface area contributed by atoms with Crippen molar-refractivity contribution in [2.75, 3.05) is 19.8 Å². The van der Waals surface area contributed by atoms with E-state index in [1.165, 1.54) is 0 Å². The molecule has 1 aromatic heterocycles. The number of nitrogens with zero attached hydrogens (tertiary/aromatic N) is 1. The number of rotatable bonds is 7. The molecule has 22 heavy (non-hydrogen) atoms. The largest absolute Gasteiger partial charge is 0.494 e. The summed E-state index contributed by atoms with van der Waals surface area (Å²) in [4.78, 5) is 15.9. The van der Waals surface area contributed by atoms with Gasteiger partial charge in [0.05, 0.1) is 18.4 Å². The Kier molecular flexibility index (Phi) is 5.77. The number of hydrogen-bond acceptors (Lipinski definition) is 5. The van der Waals surface area contributed by atoms with Gasteiger partial charge >= 0.3 is 5.97 Å². The Morgan fingerprint density at radius 3 is 2.73 bits per heavy atom. The van der Waals surface area contributed by atoms with Gasteiger partial charge in [0.25, 0.3) is 0 Å². The van der Waals surface area contributed by atoms with Gasteiger partial charge in [-0.2, -0.15) is 0 Å². The van der Waals surface area contributed by atoms with Crippen molar-refractivity contribution in [3.8, 4) is 11.5 Å². The maximum absolute atomic E-state index is 11.9. The Morgan fingerprint density at radius 2 is 2.05 bits per heavy atom. The predicted molar refractivity (Wildman–Crippen MR) is 82.4 cm³/mol. The minimum absolute atomic E-state index is 0.181. The number of aromatic nitrogens is 1. The van der Waals surface area contributed by atoms with E-state index in [4.69, 9.17) is 14.2 Å². The first-order valence-electron chi connectivity index (χ1n) is 7.14. The van der Waals surface area contributed by atoms with Crippen LogP contribution >= 0.6 is 0 Å². The lowest BCUT2D eigenvalue weighted by molar-refractivity contribution is 0.0450. The van der Waals surface area contributed by atoms with Crippen LogP contribution in [0.1, 0.15) is 22.8 Å². The minimum Gasteiger partial charge on any atom is -0.494 e. The zero-order valence-corrected chi connectivity index (χ0v) is 12.7. The first-order valence-corrected chi connectivity index (χ1v) is 7.14. The summed E-state index contributed by atoms with van der Waals surface area (Å²) in [5.41, 5.74) is 1.41. The third kappa shape index (κ3) is 4.48. The lowest BCUT2D eigenvalue weighted by Crippen LogP contribution is -2.12. The highest BCUT2D eigenvalue weighted by Crippen LogP contribution is 2.19. The normalized spacial score (nSPS) is 10.1. The topological polar surface area (TPSA) is 57.7 Å². The number of aryl methyl sites for hydroxylation is 1. The number of carbonyl (C=O) groups excluding carboxylic acids is 1. The molecule has 5 nitrogen and oxygen atoms in total. The molecule has 0 N–H and O–H groups in total. The molecule has 116 valence electrons. The van der Waals surface area contributed by atoms with Crippen LogP contribution in [0, 0.1) is 6.92 Å². The number of hydrogen-bond donors (Lipinski definition) is 0. The molecule has 1 heterocycles. The van der Waals surface area contributed by atoms with Crippen LogP contribution < -0.4 is 9.47 Å². The lowest BCUT2D eigenvalue weighted by atomic mass is 10.1. The predicted octanol–water partition coefficient (Wildman–Crippen LogP) is 3.02. The highest BCUT2D eigenvalue weighted by Gasteiger charge is 2.09. The summed E-state index contributed by atoms with van der Waals surface area (Å²) in [7, 11) is 0. The number of carbonyl (C=O) groups is 1. The molecule has 0 saturated carbocycles. The summed E-state index contributed by atoms with van der Waals surface area (Å²) >= 11 is 0. The fraction of sp³-hybridized carbons (Fsp3) is 0.294. The van der Waals surface area contributed by atoms with Gasteiger partial charge in [0.1, 0.15) is 24.7 Å². The van der Waals surface area contributed by atoms with Crippen molar-refractivity contribution in [3.05, 3.63) is 53.9 Å². The standard InChI is InChI=1S/C17H19NO4/c1-3-20-16-7-6-14(11-13(16)2)17(19)22-10-9-21-15-5-4-8-18-12-15/h4-8,11-12H,3,9-10H2,1-2H3. The molecule has 0 radical (unpaired) electrons. The molecule has 0 aliphatic carbocycles. The number of pyridine rings is 1. The van der Waals surface area contributed by atoms with Crippen molar-refractivity contribution in [1.82, 2.24) is 4.98 Å². The van der Waals surface area contributed by atoms with Gasteiger partial charge in [-0.3, -0.25) is 4.98 Å². The molecule has 0 saturated heterocycles. The quantitative estimate of drug-likeness (QED) is 0.581. The summed E-state index contributed by atoms with van der Waals surface area (Å²) in [6.07, 6.45) is 3.28. The molecule has 5 heteroatoms. The molecule has 0 aliphatic rings. The monoisotopic (exact) mass is 301 g/mol. The van der Waals surface area contributed by atoms with Gasteiger partial charge in [0, 0.05) is 6.20 Å². The van der Waals surface area contributed by atoms with Gasteiger partial charge in [0.2, 0.25) is 0 Å². The Hall–Kier alpha value is -2.56. The Morgan fingerprint density at radius 1 is 1.18 bits per heavy atom. The van der Waals surface area contributed by atoms with Crippen LogP contribution in [-0.2, 0) is 4.74 Å². The van der Waals surface area contributed by atoms with Crippen molar-refractivity contribution in [1.29, 1.82) is 0 Å². The maximum atomic E-state index is 11.9. The SMILES string of the molecule is CCOc1ccc(C(=O)OCCOc2cccnc2)cc1C. The van der Waals surface area contributed by atoms with Crippen molar-refractivity contribution < 1.29 is 19.0 Å². The first kappa shape index (κ1) is 15.8. The molecule has 0 fully saturated rings. The van der Waals surface area contributed by atoms with Gasteiger partial charge in [-0.05, 0) is 49.7 Å². The van der Waals surface area contributed by atoms with Crippen LogP contribution in [0.2, 0.25) is 0 Å². The molecule has 1 aromatic carbocycles. The fourth-order valence-electron chi connectivity index (χ4n) is 1.90. The Labute approximate surface area is 129 Å². The molecular formula is C17H19NO4. The van der Waals surface area contributed by atoms with Crippen molar-refractivity contribution >= 4 is 5.97 Å². The van der Waals surface area contributed by atoms with Crippen molar-refractivity contribution in [3.63, 3.8) is 0 Å². The van der Waals surface area contributed by atoms with Crippen LogP contribution in [-0.4, -0.2) is 30.8 Å².